The summed E-state index contributed by atoms with van der Waals surface area (Å²) in [4.78, 5) is 1.36. The van der Waals surface area contributed by atoms with Crippen LogP contribution >= 0.6 is 38.9 Å². The Hall–Kier alpha value is 0.390. The van der Waals surface area contributed by atoms with Crippen LogP contribution in [0.25, 0.3) is 0 Å². The summed E-state index contributed by atoms with van der Waals surface area (Å²) in [6.07, 6.45) is 3.46. The van der Waals surface area contributed by atoms with Gasteiger partial charge in [0.05, 0.1) is 15.4 Å². The van der Waals surface area contributed by atoms with Gasteiger partial charge in [0.2, 0.25) is 0 Å². The summed E-state index contributed by atoms with van der Waals surface area (Å²) in [6, 6.07) is 2.07. The van der Waals surface area contributed by atoms with E-state index in [1.807, 2.05) is 0 Å². The van der Waals surface area contributed by atoms with Crippen LogP contribution in [-0.4, -0.2) is 26.8 Å². The normalized spacial score (nSPS) is 12.1. The van der Waals surface area contributed by atoms with Crippen molar-refractivity contribution in [2.75, 3.05) is 26.8 Å². The van der Waals surface area contributed by atoms with Crippen molar-refractivity contribution in [1.29, 1.82) is 0 Å². The molecule has 2 nitrogen and oxygen atoms in total. The lowest BCUT2D eigenvalue weighted by Crippen LogP contribution is -2.25. The van der Waals surface area contributed by atoms with Crippen LogP contribution in [0.1, 0.15) is 31.6 Å². The van der Waals surface area contributed by atoms with Crippen molar-refractivity contribution in [2.24, 2.45) is 5.41 Å². The van der Waals surface area contributed by atoms with Crippen molar-refractivity contribution in [3.8, 4) is 0 Å². The third-order valence-electron chi connectivity index (χ3n) is 3.21. The molecule has 0 bridgehead atoms. The Morgan fingerprint density at radius 3 is 2.68 bits per heavy atom. The molecule has 0 saturated carbocycles. The molecule has 0 radical (unpaired) electrons. The van der Waals surface area contributed by atoms with E-state index in [2.05, 4.69) is 41.2 Å². The predicted molar refractivity (Wildman–Crippen MR) is 88.5 cm³/mol. The topological polar surface area (TPSA) is 21.3 Å². The molecule has 0 saturated heterocycles. The Kier molecular flexibility index (Phi) is 7.92. The number of nitrogens with one attached hydrogen (secondary N) is 1. The van der Waals surface area contributed by atoms with Crippen LogP contribution in [0.15, 0.2) is 9.85 Å². The molecule has 0 aromatic carbocycles. The van der Waals surface area contributed by atoms with Gasteiger partial charge in [-0.25, -0.2) is 0 Å². The first kappa shape index (κ1) is 17.4. The molecule has 0 aliphatic heterocycles. The molecule has 19 heavy (non-hydrogen) atoms. The maximum atomic E-state index is 6.05. The van der Waals surface area contributed by atoms with E-state index in [4.69, 9.17) is 16.3 Å². The number of rotatable bonds is 9. The Bertz CT molecular complexity index is 362. The van der Waals surface area contributed by atoms with Crippen molar-refractivity contribution < 1.29 is 4.74 Å². The van der Waals surface area contributed by atoms with Gasteiger partial charge in [-0.05, 0) is 53.2 Å². The van der Waals surface area contributed by atoms with Crippen molar-refractivity contribution in [3.63, 3.8) is 0 Å². The van der Waals surface area contributed by atoms with E-state index in [0.717, 1.165) is 34.9 Å². The van der Waals surface area contributed by atoms with Gasteiger partial charge in [-0.3, -0.25) is 0 Å². The average molecular weight is 369 g/mol. The first-order chi connectivity index (χ1) is 8.94. The van der Waals surface area contributed by atoms with E-state index in [1.54, 1.807) is 18.4 Å². The second-order valence-electron chi connectivity index (χ2n) is 5.49. The van der Waals surface area contributed by atoms with Crippen molar-refractivity contribution in [1.82, 2.24) is 5.32 Å². The maximum absolute atomic E-state index is 6.05. The smallest absolute Gasteiger partial charge is 0.0887 e. The SMILES string of the molecule is COCCNCCC(C)(C)CCc1cc(Cl)c(Br)s1. The van der Waals surface area contributed by atoms with Gasteiger partial charge >= 0.3 is 0 Å². The Morgan fingerprint density at radius 2 is 2.11 bits per heavy atom. The van der Waals surface area contributed by atoms with E-state index in [9.17, 15) is 0 Å². The first-order valence-corrected chi connectivity index (χ1v) is 8.57. The molecule has 0 aliphatic rings. The molecular formula is C14H23BrClNOS. The quantitative estimate of drug-likeness (QED) is 0.635. The summed E-state index contributed by atoms with van der Waals surface area (Å²) in [5.41, 5.74) is 0.350. The monoisotopic (exact) mass is 367 g/mol. The summed E-state index contributed by atoms with van der Waals surface area (Å²) in [6.45, 7) is 7.41. The summed E-state index contributed by atoms with van der Waals surface area (Å²) < 4.78 is 6.06. The number of hydrogen-bond donors (Lipinski definition) is 1. The van der Waals surface area contributed by atoms with Crippen LogP contribution in [0.5, 0.6) is 0 Å². The van der Waals surface area contributed by atoms with E-state index < -0.39 is 0 Å². The molecule has 110 valence electrons. The van der Waals surface area contributed by atoms with Crippen molar-refractivity contribution in [3.05, 3.63) is 19.8 Å². The highest BCUT2D eigenvalue weighted by Crippen LogP contribution is 2.35. The molecule has 0 atom stereocenters. The van der Waals surface area contributed by atoms with Crippen LogP contribution < -0.4 is 5.32 Å². The summed E-state index contributed by atoms with van der Waals surface area (Å²) in [5, 5.41) is 4.24. The second kappa shape index (κ2) is 8.63. The molecule has 1 rings (SSSR count). The Morgan fingerprint density at radius 1 is 1.37 bits per heavy atom. The number of methoxy groups -OCH3 is 1. The summed E-state index contributed by atoms with van der Waals surface area (Å²) >= 11 is 11.3. The van der Waals surface area contributed by atoms with Gasteiger partial charge in [-0.1, -0.05) is 25.4 Å². The second-order valence-corrected chi connectivity index (χ2v) is 8.35. The lowest BCUT2D eigenvalue weighted by Gasteiger charge is -2.24. The molecule has 5 heteroatoms. The fraction of sp³-hybridized carbons (Fsp3) is 0.714. The Balaban J connectivity index is 2.26. The lowest BCUT2D eigenvalue weighted by atomic mass is 9.84. The standard InChI is InChI=1S/C14H23BrClNOS/c1-14(2,6-7-17-8-9-18-3)5-4-11-10-12(16)13(15)19-11/h10,17H,4-9H2,1-3H3. The number of thiophene rings is 1. The lowest BCUT2D eigenvalue weighted by molar-refractivity contribution is 0.197. The number of halogens is 2. The van der Waals surface area contributed by atoms with Gasteiger partial charge in [0.15, 0.2) is 0 Å². The molecule has 0 unspecified atom stereocenters. The minimum atomic E-state index is 0.350. The van der Waals surface area contributed by atoms with Gasteiger partial charge in [0.25, 0.3) is 0 Å². The van der Waals surface area contributed by atoms with Gasteiger partial charge in [-0.15, -0.1) is 11.3 Å². The van der Waals surface area contributed by atoms with Gasteiger partial charge in [0.1, 0.15) is 0 Å². The molecule has 1 heterocycles. The van der Waals surface area contributed by atoms with E-state index in [1.165, 1.54) is 17.7 Å². The van der Waals surface area contributed by atoms with E-state index >= 15 is 0 Å². The number of ether oxygens (including phenoxy) is 1. The maximum Gasteiger partial charge on any atom is 0.0887 e. The van der Waals surface area contributed by atoms with Crippen LogP contribution in [0.3, 0.4) is 0 Å². The van der Waals surface area contributed by atoms with Crippen LogP contribution in [0, 0.1) is 5.41 Å². The Labute approximate surface area is 134 Å². The summed E-state index contributed by atoms with van der Waals surface area (Å²) in [5.74, 6) is 0. The molecule has 0 fully saturated rings. The van der Waals surface area contributed by atoms with Crippen LogP contribution in [-0.2, 0) is 11.2 Å². The number of aryl methyl sites for hydroxylation is 1. The first-order valence-electron chi connectivity index (χ1n) is 6.58. The van der Waals surface area contributed by atoms with Gasteiger partial charge < -0.3 is 10.1 Å². The zero-order valence-electron chi connectivity index (χ0n) is 11.9. The highest BCUT2D eigenvalue weighted by molar-refractivity contribution is 9.11. The highest BCUT2D eigenvalue weighted by atomic mass is 79.9. The fourth-order valence-corrected chi connectivity index (χ4v) is 3.65. The zero-order valence-corrected chi connectivity index (χ0v) is 15.1. The minimum Gasteiger partial charge on any atom is -0.383 e. The molecular weight excluding hydrogens is 346 g/mol. The van der Waals surface area contributed by atoms with E-state index in [-0.39, 0.29) is 0 Å². The van der Waals surface area contributed by atoms with Gasteiger partial charge in [-0.2, -0.15) is 0 Å². The molecule has 1 N–H and O–H groups in total. The number of hydrogen-bond acceptors (Lipinski definition) is 3. The fourth-order valence-electron chi connectivity index (χ4n) is 1.83. The van der Waals surface area contributed by atoms with Crippen LogP contribution in [0.2, 0.25) is 5.02 Å². The highest BCUT2D eigenvalue weighted by Gasteiger charge is 2.18. The predicted octanol–water partition coefficient (Wildman–Crippen LogP) is 4.75. The zero-order chi connectivity index (χ0) is 14.3. The van der Waals surface area contributed by atoms with Crippen molar-refractivity contribution >= 4 is 38.9 Å². The average Bonchev–Trinajstić information content (AvgIpc) is 2.66. The minimum absolute atomic E-state index is 0.350. The molecule has 0 spiro atoms. The van der Waals surface area contributed by atoms with E-state index in [0.29, 0.717) is 5.41 Å². The molecule has 0 amide bonds. The summed E-state index contributed by atoms with van der Waals surface area (Å²) in [7, 11) is 1.73. The van der Waals surface area contributed by atoms with Crippen LogP contribution in [0.4, 0.5) is 0 Å². The van der Waals surface area contributed by atoms with Crippen molar-refractivity contribution in [2.45, 2.75) is 33.1 Å². The largest absolute Gasteiger partial charge is 0.383 e. The molecule has 1 aromatic rings. The third-order valence-corrected chi connectivity index (χ3v) is 5.74. The third kappa shape index (κ3) is 7.09. The molecule has 0 aliphatic carbocycles. The van der Waals surface area contributed by atoms with Gasteiger partial charge in [0, 0.05) is 18.5 Å². The molecule has 1 aromatic heterocycles.